The molecule has 0 amide bonds. The molecule has 4 aromatic heterocycles. The Morgan fingerprint density at radius 1 is 0.738 bits per heavy atom. The van der Waals surface area contributed by atoms with Gasteiger partial charge < -0.3 is 14.4 Å². The number of hydrogen-bond donors (Lipinski definition) is 0. The van der Waals surface area contributed by atoms with Gasteiger partial charge in [-0.15, -0.1) is 54.1 Å². The summed E-state index contributed by atoms with van der Waals surface area (Å²) >= 11 is 0. The summed E-state index contributed by atoms with van der Waals surface area (Å²) in [6, 6.07) is 39.8. The summed E-state index contributed by atoms with van der Waals surface area (Å²) in [7, 11) is 0. The Hall–Kier alpha value is -4.44. The van der Waals surface area contributed by atoms with Gasteiger partial charge in [0.2, 0.25) is 5.71 Å². The van der Waals surface area contributed by atoms with E-state index in [2.05, 4.69) is 64.3 Å². The summed E-state index contributed by atoms with van der Waals surface area (Å²) < 4.78 is 28.8. The SMILES string of the molecule is [2H]C([2H])([2H])c1ccc2c(n1)oc1c(-c3cc(CCc4ccc(C)cc4)ccn3)[c-]ccc12.[Ir].[c-]1ccccc1-c1ccccn1. The van der Waals surface area contributed by atoms with Gasteiger partial charge in [-0.3, -0.25) is 0 Å². The molecule has 4 nitrogen and oxygen atoms in total. The Morgan fingerprint density at radius 3 is 2.36 bits per heavy atom. The van der Waals surface area contributed by atoms with Crippen LogP contribution in [-0.2, 0) is 32.9 Å². The summed E-state index contributed by atoms with van der Waals surface area (Å²) in [6.45, 7) is -0.191. The summed E-state index contributed by atoms with van der Waals surface area (Å²) in [5.74, 6) is 0. The summed E-state index contributed by atoms with van der Waals surface area (Å²) in [4.78, 5) is 13.0. The van der Waals surface area contributed by atoms with Crippen LogP contribution in [0.15, 0.2) is 120 Å². The molecule has 5 heteroatoms. The third-order valence-corrected chi connectivity index (χ3v) is 6.85. The van der Waals surface area contributed by atoms with Crippen LogP contribution in [0.2, 0.25) is 0 Å². The minimum Gasteiger partial charge on any atom is -0.486 e. The van der Waals surface area contributed by atoms with Gasteiger partial charge in [0.1, 0.15) is 0 Å². The molecule has 42 heavy (non-hydrogen) atoms. The van der Waals surface area contributed by atoms with Crippen molar-refractivity contribution in [3.63, 3.8) is 0 Å². The molecule has 0 spiro atoms. The number of furan rings is 1. The van der Waals surface area contributed by atoms with Crippen LogP contribution in [-0.4, -0.2) is 15.0 Å². The van der Waals surface area contributed by atoms with Crippen LogP contribution in [0.5, 0.6) is 0 Å². The zero-order valence-corrected chi connectivity index (χ0v) is 25.4. The van der Waals surface area contributed by atoms with Crippen molar-refractivity contribution in [2.45, 2.75) is 26.6 Å². The topological polar surface area (TPSA) is 51.8 Å². The fourth-order valence-electron chi connectivity index (χ4n) is 4.70. The van der Waals surface area contributed by atoms with E-state index in [1.54, 1.807) is 18.5 Å². The molecular weight excluding hydrogens is 695 g/mol. The molecule has 7 rings (SSSR count). The fraction of sp³-hybridized carbons (Fsp3) is 0.108. The molecule has 7 aromatic rings. The predicted molar refractivity (Wildman–Crippen MR) is 165 cm³/mol. The van der Waals surface area contributed by atoms with E-state index >= 15 is 0 Å². The summed E-state index contributed by atoms with van der Waals surface area (Å²) in [6.07, 6.45) is 5.44. The van der Waals surface area contributed by atoms with Crippen molar-refractivity contribution in [1.29, 1.82) is 0 Å². The third kappa shape index (κ3) is 6.71. The van der Waals surface area contributed by atoms with Crippen molar-refractivity contribution in [2.24, 2.45) is 0 Å². The standard InChI is InChI=1S/C26H21N2O.C11H8N.Ir/c1-17-6-9-19(10-7-17)11-12-20-14-15-27-24(16-20)23-5-3-4-21-22-13-8-18(2)28-26(22)29-25(21)23;1-2-6-10(7-3-1)11-8-4-5-9-12-11;/h3-4,6-10,13-16H,11-12H2,1-2H3;1-6,8-9H;/q2*-1;/i2D3;;. The largest absolute Gasteiger partial charge is 0.486 e. The van der Waals surface area contributed by atoms with Crippen molar-refractivity contribution in [2.75, 3.05) is 0 Å². The fourth-order valence-corrected chi connectivity index (χ4v) is 4.70. The van der Waals surface area contributed by atoms with Gasteiger partial charge in [0, 0.05) is 47.7 Å². The molecule has 0 saturated heterocycles. The van der Waals surface area contributed by atoms with Crippen LogP contribution in [0, 0.1) is 25.9 Å². The zero-order chi connectivity index (χ0) is 30.5. The Balaban J connectivity index is 0.000000258. The number of aromatic nitrogens is 3. The molecule has 0 fully saturated rings. The summed E-state index contributed by atoms with van der Waals surface area (Å²) in [5.41, 5.74) is 8.21. The minimum atomic E-state index is -2.28. The van der Waals surface area contributed by atoms with Crippen molar-refractivity contribution >= 4 is 22.1 Å². The second kappa shape index (κ2) is 13.5. The molecule has 0 atom stereocenters. The van der Waals surface area contributed by atoms with Gasteiger partial charge in [0.25, 0.3) is 0 Å². The molecule has 0 N–H and O–H groups in total. The van der Waals surface area contributed by atoms with Crippen molar-refractivity contribution in [1.82, 2.24) is 15.0 Å². The zero-order valence-electron chi connectivity index (χ0n) is 26.0. The van der Waals surface area contributed by atoms with Crippen molar-refractivity contribution in [3.8, 4) is 22.5 Å². The maximum atomic E-state index is 7.61. The van der Waals surface area contributed by atoms with Gasteiger partial charge in [-0.1, -0.05) is 64.5 Å². The maximum Gasteiger partial charge on any atom is 0.216 e. The average Bonchev–Trinajstić information content (AvgIpc) is 3.44. The Kier molecular flexibility index (Phi) is 8.12. The predicted octanol–water partition coefficient (Wildman–Crippen LogP) is 8.79. The van der Waals surface area contributed by atoms with Gasteiger partial charge in [-0.05, 0) is 67.8 Å². The first-order valence-electron chi connectivity index (χ1n) is 15.0. The smallest absolute Gasteiger partial charge is 0.216 e. The number of nitrogens with zero attached hydrogens (tertiary/aromatic N) is 3. The number of pyridine rings is 3. The van der Waals surface area contributed by atoms with E-state index in [-0.39, 0.29) is 25.8 Å². The van der Waals surface area contributed by atoms with Crippen LogP contribution in [0.1, 0.15) is 26.5 Å². The summed E-state index contributed by atoms with van der Waals surface area (Å²) in [5, 5.41) is 1.64. The molecule has 0 unspecified atom stereocenters. The second-order valence-corrected chi connectivity index (χ2v) is 9.77. The Bertz CT molecular complexity index is 1970. The van der Waals surface area contributed by atoms with Gasteiger partial charge in [-0.2, -0.15) is 0 Å². The second-order valence-electron chi connectivity index (χ2n) is 9.77. The van der Waals surface area contributed by atoms with Crippen LogP contribution in [0.4, 0.5) is 0 Å². The molecular formula is C37H29IrN3O-2. The number of benzene rings is 3. The van der Waals surface area contributed by atoms with E-state index < -0.39 is 6.85 Å². The van der Waals surface area contributed by atoms with Crippen LogP contribution < -0.4 is 0 Å². The van der Waals surface area contributed by atoms with Gasteiger partial charge >= 0.3 is 0 Å². The average molecular weight is 727 g/mol. The number of hydrogen-bond acceptors (Lipinski definition) is 4. The molecule has 0 saturated carbocycles. The number of fused-ring (bicyclic) bond motifs is 3. The molecule has 4 heterocycles. The van der Waals surface area contributed by atoms with Crippen LogP contribution >= 0.6 is 0 Å². The van der Waals surface area contributed by atoms with Crippen molar-refractivity contribution < 1.29 is 28.6 Å². The quantitative estimate of drug-likeness (QED) is 0.167. The van der Waals surface area contributed by atoms with E-state index in [1.807, 2.05) is 60.7 Å². The Labute approximate surface area is 264 Å². The molecule has 1 radical (unpaired) electrons. The molecule has 0 aliphatic carbocycles. The number of rotatable bonds is 5. The molecule has 3 aromatic carbocycles. The molecule has 209 valence electrons. The van der Waals surface area contributed by atoms with E-state index in [0.717, 1.165) is 46.1 Å². The third-order valence-electron chi connectivity index (χ3n) is 6.85. The van der Waals surface area contributed by atoms with E-state index in [4.69, 9.17) is 8.53 Å². The van der Waals surface area contributed by atoms with Gasteiger partial charge in [0.15, 0.2) is 0 Å². The normalized spacial score (nSPS) is 12.0. The molecule has 0 aliphatic heterocycles. The Morgan fingerprint density at radius 2 is 1.57 bits per heavy atom. The number of aryl methyl sites for hydroxylation is 4. The van der Waals surface area contributed by atoms with Crippen LogP contribution in [0.25, 0.3) is 44.6 Å². The van der Waals surface area contributed by atoms with Gasteiger partial charge in [-0.25, -0.2) is 4.98 Å². The monoisotopic (exact) mass is 727 g/mol. The first kappa shape index (κ1) is 25.3. The minimum absolute atomic E-state index is 0. The maximum absolute atomic E-state index is 7.61. The molecule has 0 aliphatic rings. The van der Waals surface area contributed by atoms with E-state index in [9.17, 15) is 0 Å². The first-order chi connectivity index (χ1) is 21.3. The van der Waals surface area contributed by atoms with E-state index in [1.165, 1.54) is 22.8 Å². The van der Waals surface area contributed by atoms with Gasteiger partial charge in [0.05, 0.1) is 5.58 Å². The molecule has 0 bridgehead atoms. The van der Waals surface area contributed by atoms with E-state index in [0.29, 0.717) is 11.3 Å². The first-order valence-corrected chi connectivity index (χ1v) is 13.5. The van der Waals surface area contributed by atoms with Crippen LogP contribution in [0.3, 0.4) is 0 Å². The van der Waals surface area contributed by atoms with Crippen molar-refractivity contribution in [3.05, 3.63) is 150 Å².